The third kappa shape index (κ3) is 3.85. The molecule has 0 bridgehead atoms. The highest BCUT2D eigenvalue weighted by molar-refractivity contribution is 5.92. The third-order valence-corrected chi connectivity index (χ3v) is 3.13. The molecule has 2 aromatic rings. The van der Waals surface area contributed by atoms with Crippen molar-refractivity contribution in [3.8, 4) is 0 Å². The lowest BCUT2D eigenvalue weighted by molar-refractivity contribution is 0.0948. The molecule has 1 aromatic heterocycles. The molecule has 20 heavy (non-hydrogen) atoms. The monoisotopic (exact) mass is 272 g/mol. The minimum atomic E-state index is -0.106. The van der Waals surface area contributed by atoms with Gasteiger partial charge < -0.3 is 10.2 Å². The van der Waals surface area contributed by atoms with Crippen LogP contribution >= 0.6 is 0 Å². The highest BCUT2D eigenvalue weighted by Crippen LogP contribution is 2.13. The number of carbonyl (C=O) groups excluding carboxylic acids is 1. The lowest BCUT2D eigenvalue weighted by atomic mass is 10.1. The Balaban J connectivity index is 1.72. The number of H-pyrrole nitrogens is 1. The predicted octanol–water partition coefficient (Wildman–Crippen LogP) is 1.84. The van der Waals surface area contributed by atoms with Gasteiger partial charge in [-0.05, 0) is 36.6 Å². The maximum absolute atomic E-state index is 11.6. The van der Waals surface area contributed by atoms with E-state index in [0.717, 1.165) is 12.8 Å². The first-order chi connectivity index (χ1) is 9.66. The summed E-state index contributed by atoms with van der Waals surface area (Å²) in [6.07, 6.45) is 3.44. The van der Waals surface area contributed by atoms with Gasteiger partial charge in [0.25, 0.3) is 5.91 Å². The van der Waals surface area contributed by atoms with Gasteiger partial charge in [0.05, 0.1) is 0 Å². The summed E-state index contributed by atoms with van der Waals surface area (Å²) in [6.45, 7) is 0.660. The Morgan fingerprint density at radius 3 is 2.60 bits per heavy atom. The second-order valence-corrected chi connectivity index (χ2v) is 4.89. The Bertz CT molecular complexity index is 532. The molecule has 0 saturated heterocycles. The summed E-state index contributed by atoms with van der Waals surface area (Å²) in [5, 5.41) is 9.26. The van der Waals surface area contributed by atoms with Crippen molar-refractivity contribution in [3.63, 3.8) is 0 Å². The van der Waals surface area contributed by atoms with E-state index in [4.69, 9.17) is 0 Å². The third-order valence-electron chi connectivity index (χ3n) is 3.13. The maximum Gasteiger partial charge on any atom is 0.269 e. The van der Waals surface area contributed by atoms with Crippen LogP contribution in [0.3, 0.4) is 0 Å². The lowest BCUT2D eigenvalue weighted by Crippen LogP contribution is -2.25. The van der Waals surface area contributed by atoms with E-state index < -0.39 is 0 Å². The Labute approximate surface area is 119 Å². The van der Waals surface area contributed by atoms with Gasteiger partial charge in [0.1, 0.15) is 5.69 Å². The number of rotatable bonds is 6. The van der Waals surface area contributed by atoms with Gasteiger partial charge in [0.2, 0.25) is 0 Å². The van der Waals surface area contributed by atoms with Crippen molar-refractivity contribution in [2.75, 3.05) is 25.5 Å². The van der Waals surface area contributed by atoms with E-state index in [2.05, 4.69) is 44.7 Å². The number of nitrogens with zero attached hydrogens (tertiary/aromatic N) is 2. The van der Waals surface area contributed by atoms with Crippen LogP contribution in [0.5, 0.6) is 0 Å². The molecule has 0 aliphatic heterocycles. The van der Waals surface area contributed by atoms with Crippen molar-refractivity contribution in [1.29, 1.82) is 0 Å². The maximum atomic E-state index is 11.6. The zero-order chi connectivity index (χ0) is 14.4. The topological polar surface area (TPSA) is 61.0 Å². The predicted molar refractivity (Wildman–Crippen MR) is 80.0 cm³/mol. The first kappa shape index (κ1) is 14.1. The smallest absolute Gasteiger partial charge is 0.269 e. The van der Waals surface area contributed by atoms with E-state index in [1.165, 1.54) is 11.3 Å². The van der Waals surface area contributed by atoms with Crippen molar-refractivity contribution < 1.29 is 4.79 Å². The lowest BCUT2D eigenvalue weighted by Gasteiger charge is -2.12. The largest absolute Gasteiger partial charge is 0.378 e. The first-order valence-electron chi connectivity index (χ1n) is 6.70. The van der Waals surface area contributed by atoms with Crippen molar-refractivity contribution >= 4 is 11.6 Å². The summed E-state index contributed by atoms with van der Waals surface area (Å²) in [7, 11) is 4.06. The van der Waals surface area contributed by atoms with E-state index in [0.29, 0.717) is 12.2 Å². The van der Waals surface area contributed by atoms with Gasteiger partial charge in [0.15, 0.2) is 0 Å². The van der Waals surface area contributed by atoms with Crippen LogP contribution in [0.25, 0.3) is 0 Å². The highest BCUT2D eigenvalue weighted by atomic mass is 16.1. The fourth-order valence-electron chi connectivity index (χ4n) is 1.93. The van der Waals surface area contributed by atoms with E-state index in [1.807, 2.05) is 14.1 Å². The minimum Gasteiger partial charge on any atom is -0.378 e. The van der Waals surface area contributed by atoms with E-state index in [9.17, 15) is 4.79 Å². The molecule has 0 atom stereocenters. The van der Waals surface area contributed by atoms with Gasteiger partial charge in [-0.2, -0.15) is 5.10 Å². The summed E-state index contributed by atoms with van der Waals surface area (Å²) < 4.78 is 0. The summed E-state index contributed by atoms with van der Waals surface area (Å²) in [6, 6.07) is 10.1. The van der Waals surface area contributed by atoms with Crippen molar-refractivity contribution in [2.24, 2.45) is 0 Å². The van der Waals surface area contributed by atoms with Gasteiger partial charge in [-0.15, -0.1) is 0 Å². The summed E-state index contributed by atoms with van der Waals surface area (Å²) >= 11 is 0. The van der Waals surface area contributed by atoms with Crippen LogP contribution in [-0.4, -0.2) is 36.7 Å². The number of aryl methyl sites for hydroxylation is 1. The molecule has 0 spiro atoms. The molecule has 5 nitrogen and oxygen atoms in total. The number of amides is 1. The molecule has 0 aliphatic rings. The number of aromatic nitrogens is 2. The molecule has 0 radical (unpaired) electrons. The highest BCUT2D eigenvalue weighted by Gasteiger charge is 2.05. The molecular weight excluding hydrogens is 252 g/mol. The molecule has 2 N–H and O–H groups in total. The molecule has 0 aliphatic carbocycles. The van der Waals surface area contributed by atoms with E-state index >= 15 is 0 Å². The minimum absolute atomic E-state index is 0.106. The van der Waals surface area contributed by atoms with Crippen LogP contribution in [0.15, 0.2) is 36.5 Å². The molecule has 0 fully saturated rings. The number of benzene rings is 1. The summed E-state index contributed by atoms with van der Waals surface area (Å²) in [4.78, 5) is 13.7. The van der Waals surface area contributed by atoms with Crippen LogP contribution in [-0.2, 0) is 6.42 Å². The Morgan fingerprint density at radius 1 is 1.25 bits per heavy atom. The molecule has 0 unspecified atom stereocenters. The number of aromatic amines is 1. The molecule has 2 rings (SSSR count). The number of nitrogens with one attached hydrogen (secondary N) is 2. The Kier molecular flexibility index (Phi) is 4.76. The molecule has 5 heteroatoms. The van der Waals surface area contributed by atoms with Crippen LogP contribution in [0.4, 0.5) is 5.69 Å². The van der Waals surface area contributed by atoms with Gasteiger partial charge in [0, 0.05) is 32.5 Å². The van der Waals surface area contributed by atoms with Crippen molar-refractivity contribution in [2.45, 2.75) is 12.8 Å². The molecular formula is C15H20N4O. The number of hydrogen-bond donors (Lipinski definition) is 2. The SMILES string of the molecule is CN(C)c1ccc(CCCNC(=O)c2ccn[nH]2)cc1. The molecule has 1 aromatic carbocycles. The molecule has 1 amide bonds. The fraction of sp³-hybridized carbons (Fsp3) is 0.333. The molecule has 1 heterocycles. The molecule has 106 valence electrons. The van der Waals surface area contributed by atoms with Crippen LogP contribution in [0.1, 0.15) is 22.5 Å². The zero-order valence-corrected chi connectivity index (χ0v) is 11.9. The van der Waals surface area contributed by atoms with Crippen LogP contribution in [0, 0.1) is 0 Å². The summed E-state index contributed by atoms with van der Waals surface area (Å²) in [5.74, 6) is -0.106. The van der Waals surface area contributed by atoms with E-state index in [-0.39, 0.29) is 5.91 Å². The normalized spacial score (nSPS) is 10.3. The number of anilines is 1. The van der Waals surface area contributed by atoms with Gasteiger partial charge >= 0.3 is 0 Å². The zero-order valence-electron chi connectivity index (χ0n) is 11.9. The first-order valence-corrected chi connectivity index (χ1v) is 6.70. The average molecular weight is 272 g/mol. The Morgan fingerprint density at radius 2 is 2.00 bits per heavy atom. The summed E-state index contributed by atoms with van der Waals surface area (Å²) in [5.41, 5.74) is 2.98. The molecule has 0 saturated carbocycles. The standard InChI is InChI=1S/C15H20N4O/c1-19(2)13-7-5-12(6-8-13)4-3-10-16-15(20)14-9-11-17-18-14/h5-9,11H,3-4,10H2,1-2H3,(H,16,20)(H,17,18). The second kappa shape index (κ2) is 6.75. The second-order valence-electron chi connectivity index (χ2n) is 4.89. The van der Waals surface area contributed by atoms with E-state index in [1.54, 1.807) is 12.3 Å². The van der Waals surface area contributed by atoms with Crippen molar-refractivity contribution in [3.05, 3.63) is 47.8 Å². The number of hydrogen-bond acceptors (Lipinski definition) is 3. The number of carbonyl (C=O) groups is 1. The van der Waals surface area contributed by atoms with Crippen LogP contribution < -0.4 is 10.2 Å². The van der Waals surface area contributed by atoms with Gasteiger partial charge in [-0.1, -0.05) is 12.1 Å². The van der Waals surface area contributed by atoms with Gasteiger partial charge in [-0.25, -0.2) is 0 Å². The fourth-order valence-corrected chi connectivity index (χ4v) is 1.93. The quantitative estimate of drug-likeness (QED) is 0.789. The Hall–Kier alpha value is -2.30. The van der Waals surface area contributed by atoms with Crippen LogP contribution in [0.2, 0.25) is 0 Å². The average Bonchev–Trinajstić information content (AvgIpc) is 2.98. The van der Waals surface area contributed by atoms with Crippen molar-refractivity contribution in [1.82, 2.24) is 15.5 Å². The van der Waals surface area contributed by atoms with Gasteiger partial charge in [-0.3, -0.25) is 9.89 Å².